The molecular weight excluding hydrogens is 306 g/mol. The molecule has 7 heteroatoms. The normalized spacial score (nSPS) is 11.0. The monoisotopic (exact) mass is 317 g/mol. The second-order valence-electron chi connectivity index (χ2n) is 3.91. The maximum absolute atomic E-state index is 11.3. The Morgan fingerprint density at radius 2 is 2.24 bits per heavy atom. The molecular formula is C14H11N3O2S2. The Morgan fingerprint density at radius 1 is 1.43 bits per heavy atom. The second-order valence-corrected chi connectivity index (χ2v) is 5.48. The third kappa shape index (κ3) is 3.62. The van der Waals surface area contributed by atoms with E-state index >= 15 is 0 Å². The fourth-order valence-corrected chi connectivity index (χ4v) is 2.70. The fraction of sp³-hybridized carbons (Fsp3) is 0.0714. The molecule has 0 spiro atoms. The number of thioether (sulfide) groups is 1. The van der Waals surface area contributed by atoms with E-state index in [2.05, 4.69) is 10.3 Å². The Kier molecular flexibility index (Phi) is 4.98. The summed E-state index contributed by atoms with van der Waals surface area (Å²) in [5, 5.41) is 24.6. The largest absolute Gasteiger partial charge is 0.478 e. The molecule has 21 heavy (non-hydrogen) atoms. The van der Waals surface area contributed by atoms with Crippen LogP contribution in [0.3, 0.4) is 0 Å². The predicted octanol–water partition coefficient (Wildman–Crippen LogP) is 3.53. The third-order valence-corrected chi connectivity index (χ3v) is 3.92. The van der Waals surface area contributed by atoms with Crippen LogP contribution in [0, 0.1) is 11.5 Å². The van der Waals surface area contributed by atoms with Crippen molar-refractivity contribution < 1.29 is 9.90 Å². The molecule has 0 amide bonds. The summed E-state index contributed by atoms with van der Waals surface area (Å²) in [4.78, 5) is 15.5. The van der Waals surface area contributed by atoms with Gasteiger partial charge >= 0.3 is 5.97 Å². The maximum atomic E-state index is 11.3. The van der Waals surface area contributed by atoms with Crippen LogP contribution in [0.1, 0.15) is 10.4 Å². The van der Waals surface area contributed by atoms with Gasteiger partial charge in [-0.2, -0.15) is 16.6 Å². The number of amidine groups is 1. The van der Waals surface area contributed by atoms with E-state index in [0.29, 0.717) is 10.9 Å². The molecule has 1 heterocycles. The average molecular weight is 317 g/mol. The third-order valence-electron chi connectivity index (χ3n) is 2.66. The average Bonchev–Trinajstić information content (AvgIpc) is 3.00. The van der Waals surface area contributed by atoms with Crippen LogP contribution >= 0.6 is 23.1 Å². The number of hydrogen-bond donors (Lipinski definition) is 2. The lowest BCUT2D eigenvalue weighted by Crippen LogP contribution is -2.12. The number of aliphatic imine (C=N–C) groups is 1. The summed E-state index contributed by atoms with van der Waals surface area (Å²) in [6, 6.07) is 6.94. The van der Waals surface area contributed by atoms with Gasteiger partial charge in [0.25, 0.3) is 0 Å². The summed E-state index contributed by atoms with van der Waals surface area (Å²) in [7, 11) is 0. The number of nitrogens with one attached hydrogen (secondary N) is 1. The highest BCUT2D eigenvalue weighted by atomic mass is 32.2. The van der Waals surface area contributed by atoms with Crippen LogP contribution in [0.5, 0.6) is 0 Å². The molecule has 2 aromatic rings. The molecule has 0 aliphatic heterocycles. The Labute approximate surface area is 130 Å². The molecule has 0 aliphatic carbocycles. The van der Waals surface area contributed by atoms with Crippen molar-refractivity contribution in [3.8, 4) is 17.3 Å². The summed E-state index contributed by atoms with van der Waals surface area (Å²) in [5.74, 6) is -1.05. The Bertz CT molecular complexity index is 718. The number of carboxylic acids is 1. The summed E-state index contributed by atoms with van der Waals surface area (Å²) in [5.41, 5.74) is 2.31. The van der Waals surface area contributed by atoms with Gasteiger partial charge in [0.2, 0.25) is 0 Å². The van der Waals surface area contributed by atoms with Crippen molar-refractivity contribution in [2.75, 3.05) is 6.26 Å². The van der Waals surface area contributed by atoms with E-state index in [9.17, 15) is 9.90 Å². The van der Waals surface area contributed by atoms with E-state index in [4.69, 9.17) is 5.26 Å². The second kappa shape index (κ2) is 6.92. The minimum absolute atomic E-state index is 0.0975. The van der Waals surface area contributed by atoms with Crippen LogP contribution in [-0.2, 0) is 0 Å². The summed E-state index contributed by atoms with van der Waals surface area (Å²) in [6.45, 7) is 0. The minimum atomic E-state index is -1.05. The molecule has 2 rings (SSSR count). The van der Waals surface area contributed by atoms with Crippen LogP contribution in [-0.4, -0.2) is 22.5 Å². The summed E-state index contributed by atoms with van der Waals surface area (Å²) < 4.78 is 0. The number of nitriles is 1. The van der Waals surface area contributed by atoms with Gasteiger partial charge in [-0.3, -0.25) is 5.32 Å². The highest BCUT2D eigenvalue weighted by Gasteiger charge is 2.12. The van der Waals surface area contributed by atoms with Gasteiger partial charge in [-0.05, 0) is 46.3 Å². The first-order valence-electron chi connectivity index (χ1n) is 5.83. The number of carboxylic acid groups (broad SMARTS) is 1. The zero-order chi connectivity index (χ0) is 15.2. The van der Waals surface area contributed by atoms with Crippen molar-refractivity contribution >= 4 is 39.9 Å². The molecule has 0 bridgehead atoms. The number of thiophene rings is 1. The van der Waals surface area contributed by atoms with Crippen molar-refractivity contribution in [1.29, 1.82) is 5.26 Å². The predicted molar refractivity (Wildman–Crippen MR) is 86.1 cm³/mol. The first-order valence-corrected chi connectivity index (χ1v) is 8.00. The molecule has 0 atom stereocenters. The van der Waals surface area contributed by atoms with Gasteiger partial charge < -0.3 is 5.11 Å². The number of carbonyl (C=O) groups is 1. The van der Waals surface area contributed by atoms with E-state index in [1.54, 1.807) is 35.9 Å². The Balaban J connectivity index is 2.52. The molecule has 0 aliphatic rings. The first-order chi connectivity index (χ1) is 10.2. The molecule has 0 unspecified atom stereocenters. The molecule has 5 nitrogen and oxygen atoms in total. The van der Waals surface area contributed by atoms with Crippen LogP contribution < -0.4 is 5.32 Å². The van der Waals surface area contributed by atoms with Gasteiger partial charge in [-0.25, -0.2) is 9.79 Å². The van der Waals surface area contributed by atoms with E-state index in [1.165, 1.54) is 17.8 Å². The number of benzene rings is 1. The van der Waals surface area contributed by atoms with E-state index in [-0.39, 0.29) is 5.56 Å². The molecule has 0 saturated heterocycles. The highest BCUT2D eigenvalue weighted by molar-refractivity contribution is 8.13. The quantitative estimate of drug-likeness (QED) is 0.391. The summed E-state index contributed by atoms with van der Waals surface area (Å²) in [6.07, 6.45) is 3.54. The first kappa shape index (κ1) is 15.1. The SMILES string of the molecule is CSC(=Nc1cc(-c2ccsc2)ccc1C(=O)O)NC#N. The zero-order valence-electron chi connectivity index (χ0n) is 11.0. The lowest BCUT2D eigenvalue weighted by atomic mass is 10.0. The lowest BCUT2D eigenvalue weighted by Gasteiger charge is -2.06. The molecule has 0 saturated carbocycles. The molecule has 1 aromatic heterocycles. The standard InChI is InChI=1S/C14H11N3O2S2/c1-20-14(16-8-15)17-12-6-9(10-4-5-21-7-10)2-3-11(12)13(18)19/h2-7H,1H3,(H,16,17)(H,18,19). The number of nitrogens with zero attached hydrogens (tertiary/aromatic N) is 2. The molecule has 2 N–H and O–H groups in total. The van der Waals surface area contributed by atoms with E-state index in [0.717, 1.165) is 11.1 Å². The number of hydrogen-bond acceptors (Lipinski definition) is 5. The Hall–Kier alpha value is -2.30. The van der Waals surface area contributed by atoms with Gasteiger partial charge in [0, 0.05) is 0 Å². The number of aromatic carboxylic acids is 1. The van der Waals surface area contributed by atoms with Gasteiger partial charge in [-0.1, -0.05) is 17.8 Å². The Morgan fingerprint density at radius 3 is 2.81 bits per heavy atom. The zero-order valence-corrected chi connectivity index (χ0v) is 12.7. The van der Waals surface area contributed by atoms with Crippen LogP contribution in [0.2, 0.25) is 0 Å². The van der Waals surface area contributed by atoms with Gasteiger partial charge in [-0.15, -0.1) is 0 Å². The van der Waals surface area contributed by atoms with Crippen LogP contribution in [0.4, 0.5) is 5.69 Å². The van der Waals surface area contributed by atoms with Gasteiger partial charge in [0.05, 0.1) is 11.3 Å². The van der Waals surface area contributed by atoms with E-state index < -0.39 is 5.97 Å². The minimum Gasteiger partial charge on any atom is -0.478 e. The molecule has 0 radical (unpaired) electrons. The molecule has 1 aromatic carbocycles. The lowest BCUT2D eigenvalue weighted by molar-refractivity contribution is 0.0698. The van der Waals surface area contributed by atoms with Crippen LogP contribution in [0.25, 0.3) is 11.1 Å². The van der Waals surface area contributed by atoms with Crippen molar-refractivity contribution in [2.45, 2.75) is 0 Å². The van der Waals surface area contributed by atoms with Gasteiger partial charge in [0.1, 0.15) is 0 Å². The van der Waals surface area contributed by atoms with Gasteiger partial charge in [0.15, 0.2) is 11.4 Å². The van der Waals surface area contributed by atoms with Crippen molar-refractivity contribution in [2.24, 2.45) is 4.99 Å². The van der Waals surface area contributed by atoms with Crippen molar-refractivity contribution in [3.63, 3.8) is 0 Å². The smallest absolute Gasteiger partial charge is 0.337 e. The van der Waals surface area contributed by atoms with Crippen molar-refractivity contribution in [1.82, 2.24) is 5.32 Å². The maximum Gasteiger partial charge on any atom is 0.337 e. The molecule has 106 valence electrons. The van der Waals surface area contributed by atoms with E-state index in [1.807, 2.05) is 16.8 Å². The highest BCUT2D eigenvalue weighted by Crippen LogP contribution is 2.29. The molecule has 0 fully saturated rings. The summed E-state index contributed by atoms with van der Waals surface area (Å²) >= 11 is 2.80. The van der Waals surface area contributed by atoms with Crippen molar-refractivity contribution in [3.05, 3.63) is 40.6 Å². The van der Waals surface area contributed by atoms with Crippen LogP contribution in [0.15, 0.2) is 40.0 Å². The number of rotatable bonds is 3. The fourth-order valence-electron chi connectivity index (χ4n) is 1.70. The topological polar surface area (TPSA) is 85.5 Å².